The van der Waals surface area contributed by atoms with Gasteiger partial charge in [-0.2, -0.15) is 0 Å². The number of fused-ring (bicyclic) bond motifs is 1. The van der Waals surface area contributed by atoms with Crippen LogP contribution >= 0.6 is 0 Å². The van der Waals surface area contributed by atoms with E-state index in [9.17, 15) is 9.59 Å². The molecule has 0 saturated carbocycles. The Labute approximate surface area is 135 Å². The number of likely N-dealkylation sites (tertiary alicyclic amines) is 1. The van der Waals surface area contributed by atoms with Crippen LogP contribution in [0, 0.1) is 0 Å². The van der Waals surface area contributed by atoms with E-state index in [0.29, 0.717) is 29.6 Å². The largest absolute Gasteiger partial charge is 0.343 e. The number of para-hydroxylation sites is 1. The van der Waals surface area contributed by atoms with Gasteiger partial charge in [0.05, 0.1) is 10.9 Å². The lowest BCUT2D eigenvalue weighted by atomic mass is 10.2. The zero-order valence-electron chi connectivity index (χ0n) is 13.4. The Hall–Kier alpha value is -2.17. The van der Waals surface area contributed by atoms with Gasteiger partial charge in [-0.3, -0.25) is 9.59 Å². The molecule has 2 aromatic rings. The van der Waals surface area contributed by atoms with E-state index in [2.05, 4.69) is 9.97 Å². The number of carbonyl (C=O) groups is 1. The van der Waals surface area contributed by atoms with Crippen LogP contribution in [0.15, 0.2) is 29.1 Å². The highest BCUT2D eigenvalue weighted by molar-refractivity contribution is 5.77. The fourth-order valence-corrected chi connectivity index (χ4v) is 3.14. The topological polar surface area (TPSA) is 66.1 Å². The first-order chi connectivity index (χ1) is 11.2. The van der Waals surface area contributed by atoms with Crippen molar-refractivity contribution >= 4 is 16.8 Å². The minimum atomic E-state index is -0.107. The molecule has 1 amide bonds. The maximum absolute atomic E-state index is 12.3. The van der Waals surface area contributed by atoms with Crippen LogP contribution in [0.5, 0.6) is 0 Å². The van der Waals surface area contributed by atoms with Gasteiger partial charge in [-0.05, 0) is 31.4 Å². The van der Waals surface area contributed by atoms with Crippen LogP contribution in [-0.4, -0.2) is 33.9 Å². The first kappa shape index (κ1) is 15.7. The van der Waals surface area contributed by atoms with Gasteiger partial charge in [0.15, 0.2) is 0 Å². The molecule has 23 heavy (non-hydrogen) atoms. The van der Waals surface area contributed by atoms with E-state index in [1.54, 1.807) is 6.07 Å². The number of aromatic amines is 1. The van der Waals surface area contributed by atoms with Crippen LogP contribution in [-0.2, 0) is 11.2 Å². The summed E-state index contributed by atoms with van der Waals surface area (Å²) in [6.45, 7) is 1.79. The van der Waals surface area contributed by atoms with Crippen molar-refractivity contribution in [1.82, 2.24) is 14.9 Å². The van der Waals surface area contributed by atoms with Gasteiger partial charge in [-0.15, -0.1) is 0 Å². The summed E-state index contributed by atoms with van der Waals surface area (Å²) < 4.78 is 0. The lowest BCUT2D eigenvalue weighted by molar-refractivity contribution is -0.131. The number of carbonyl (C=O) groups excluding carboxylic acids is 1. The van der Waals surface area contributed by atoms with Gasteiger partial charge in [0.25, 0.3) is 5.56 Å². The summed E-state index contributed by atoms with van der Waals surface area (Å²) in [5.41, 5.74) is 0.606. The van der Waals surface area contributed by atoms with Gasteiger partial charge in [0.1, 0.15) is 5.82 Å². The second-order valence-corrected chi connectivity index (χ2v) is 6.18. The molecule has 1 aromatic heterocycles. The molecule has 2 heterocycles. The van der Waals surface area contributed by atoms with Crippen molar-refractivity contribution in [3.8, 4) is 0 Å². The molecule has 0 radical (unpaired) electrons. The van der Waals surface area contributed by atoms with Crippen LogP contribution in [0.25, 0.3) is 10.9 Å². The lowest BCUT2D eigenvalue weighted by Gasteiger charge is -2.20. The number of amides is 1. The normalized spacial score (nSPS) is 15.6. The SMILES string of the molecule is O=C(CCCc1nc2ccccc2c(=O)[nH]1)N1CCCCCC1. The molecule has 5 heteroatoms. The van der Waals surface area contributed by atoms with Crippen LogP contribution in [0.4, 0.5) is 0 Å². The average molecular weight is 313 g/mol. The summed E-state index contributed by atoms with van der Waals surface area (Å²) in [7, 11) is 0. The molecule has 0 atom stereocenters. The first-order valence-corrected chi connectivity index (χ1v) is 8.50. The number of nitrogens with one attached hydrogen (secondary N) is 1. The Balaban J connectivity index is 1.58. The quantitative estimate of drug-likeness (QED) is 0.943. The number of benzene rings is 1. The van der Waals surface area contributed by atoms with E-state index >= 15 is 0 Å². The van der Waals surface area contributed by atoms with E-state index in [4.69, 9.17) is 0 Å². The molecule has 0 spiro atoms. The number of nitrogens with zero attached hydrogens (tertiary/aromatic N) is 2. The molecule has 0 unspecified atom stereocenters. The highest BCUT2D eigenvalue weighted by atomic mass is 16.2. The molecule has 1 N–H and O–H groups in total. The molecule has 5 nitrogen and oxygen atoms in total. The van der Waals surface area contributed by atoms with Gasteiger partial charge in [0.2, 0.25) is 5.91 Å². The number of hydrogen-bond donors (Lipinski definition) is 1. The van der Waals surface area contributed by atoms with Gasteiger partial charge in [-0.1, -0.05) is 25.0 Å². The first-order valence-electron chi connectivity index (χ1n) is 8.50. The Morgan fingerprint density at radius 1 is 1.13 bits per heavy atom. The predicted octanol–water partition coefficient (Wildman–Crippen LogP) is 2.65. The lowest BCUT2D eigenvalue weighted by Crippen LogP contribution is -2.31. The summed E-state index contributed by atoms with van der Waals surface area (Å²) in [6, 6.07) is 7.32. The number of hydrogen-bond acceptors (Lipinski definition) is 3. The van der Waals surface area contributed by atoms with E-state index < -0.39 is 0 Å². The standard InChI is InChI=1S/C18H23N3O2/c22-17(21-12-5-1-2-6-13-21)11-7-10-16-19-15-9-4-3-8-14(15)18(23)20-16/h3-4,8-9H,1-2,5-7,10-13H2,(H,19,20,23). The monoisotopic (exact) mass is 313 g/mol. The number of aromatic nitrogens is 2. The van der Waals surface area contributed by atoms with Crippen molar-refractivity contribution in [2.45, 2.75) is 44.9 Å². The molecular formula is C18H23N3O2. The third-order valence-corrected chi connectivity index (χ3v) is 4.42. The maximum atomic E-state index is 12.3. The van der Waals surface area contributed by atoms with Crippen molar-refractivity contribution in [1.29, 1.82) is 0 Å². The van der Waals surface area contributed by atoms with Gasteiger partial charge in [0, 0.05) is 25.9 Å². The zero-order chi connectivity index (χ0) is 16.1. The van der Waals surface area contributed by atoms with Crippen LogP contribution in [0.3, 0.4) is 0 Å². The molecule has 1 fully saturated rings. The van der Waals surface area contributed by atoms with Gasteiger partial charge < -0.3 is 9.88 Å². The van der Waals surface area contributed by atoms with E-state index in [1.165, 1.54) is 12.8 Å². The van der Waals surface area contributed by atoms with Gasteiger partial charge in [-0.25, -0.2) is 4.98 Å². The predicted molar refractivity (Wildman–Crippen MR) is 90.3 cm³/mol. The molecule has 0 aliphatic carbocycles. The number of rotatable bonds is 4. The van der Waals surface area contributed by atoms with Crippen LogP contribution < -0.4 is 5.56 Å². The third-order valence-electron chi connectivity index (χ3n) is 4.42. The maximum Gasteiger partial charge on any atom is 0.258 e. The van der Waals surface area contributed by atoms with Gasteiger partial charge >= 0.3 is 0 Å². The van der Waals surface area contributed by atoms with Crippen molar-refractivity contribution in [3.05, 3.63) is 40.4 Å². The second kappa shape index (κ2) is 7.40. The molecule has 0 bridgehead atoms. The van der Waals surface area contributed by atoms with Crippen LogP contribution in [0.1, 0.15) is 44.3 Å². The molecule has 1 aliphatic heterocycles. The fourth-order valence-electron chi connectivity index (χ4n) is 3.14. The van der Waals surface area contributed by atoms with E-state index in [-0.39, 0.29) is 11.5 Å². The highest BCUT2D eigenvalue weighted by Gasteiger charge is 2.15. The minimum absolute atomic E-state index is 0.107. The van der Waals surface area contributed by atoms with E-state index in [0.717, 1.165) is 32.4 Å². The smallest absolute Gasteiger partial charge is 0.258 e. The molecule has 122 valence electrons. The summed E-state index contributed by atoms with van der Waals surface area (Å²) in [4.78, 5) is 33.6. The zero-order valence-corrected chi connectivity index (χ0v) is 13.4. The van der Waals surface area contributed by atoms with Crippen molar-refractivity contribution in [2.75, 3.05) is 13.1 Å². The molecule has 3 rings (SSSR count). The average Bonchev–Trinajstić information content (AvgIpc) is 2.84. The number of H-pyrrole nitrogens is 1. The summed E-state index contributed by atoms with van der Waals surface area (Å²) in [6.07, 6.45) is 6.56. The summed E-state index contributed by atoms with van der Waals surface area (Å²) in [5.74, 6) is 0.896. The van der Waals surface area contributed by atoms with Crippen molar-refractivity contribution < 1.29 is 4.79 Å². The van der Waals surface area contributed by atoms with E-state index in [1.807, 2.05) is 23.1 Å². The van der Waals surface area contributed by atoms with Crippen molar-refractivity contribution in [2.24, 2.45) is 0 Å². The Morgan fingerprint density at radius 3 is 2.65 bits per heavy atom. The molecule has 1 saturated heterocycles. The Bertz CT molecular complexity index is 730. The molecule has 1 aliphatic rings. The number of aryl methyl sites for hydroxylation is 1. The Morgan fingerprint density at radius 2 is 1.87 bits per heavy atom. The molecular weight excluding hydrogens is 290 g/mol. The third kappa shape index (κ3) is 3.97. The van der Waals surface area contributed by atoms with Crippen molar-refractivity contribution in [3.63, 3.8) is 0 Å². The summed E-state index contributed by atoms with van der Waals surface area (Å²) >= 11 is 0. The fraction of sp³-hybridized carbons (Fsp3) is 0.500. The van der Waals surface area contributed by atoms with Crippen LogP contribution in [0.2, 0.25) is 0 Å². The molecule has 1 aromatic carbocycles. The second-order valence-electron chi connectivity index (χ2n) is 6.18. The summed E-state index contributed by atoms with van der Waals surface area (Å²) in [5, 5.41) is 0.608. The minimum Gasteiger partial charge on any atom is -0.343 e. The highest BCUT2D eigenvalue weighted by Crippen LogP contribution is 2.12. The Kier molecular flexibility index (Phi) is 5.05.